The van der Waals surface area contributed by atoms with Crippen molar-refractivity contribution in [3.63, 3.8) is 0 Å². The molecular weight excluding hydrogens is 279 g/mol. The summed E-state index contributed by atoms with van der Waals surface area (Å²) in [4.78, 5) is -1.17. The van der Waals surface area contributed by atoms with Crippen LogP contribution in [-0.4, -0.2) is 32.2 Å². The topological polar surface area (TPSA) is 37.4 Å². The van der Waals surface area contributed by atoms with Gasteiger partial charge in [0.15, 0.2) is 4.90 Å². The SMILES string of the molecule is CN(CCCl)S(=O)(=O)c1c(F)cc(F)cc1F. The lowest BCUT2D eigenvalue weighted by Gasteiger charge is -2.16. The maximum Gasteiger partial charge on any atom is 0.248 e. The van der Waals surface area contributed by atoms with Crippen molar-refractivity contribution in [3.8, 4) is 0 Å². The standard InChI is InChI=1S/C9H9ClF3NO2S/c1-14(3-2-10)17(15,16)9-7(12)4-6(11)5-8(9)13/h4-5H,2-3H2,1H3. The summed E-state index contributed by atoms with van der Waals surface area (Å²) in [7, 11) is -3.22. The monoisotopic (exact) mass is 287 g/mol. The van der Waals surface area contributed by atoms with Gasteiger partial charge in [0.05, 0.1) is 0 Å². The first-order valence-electron chi connectivity index (χ1n) is 4.47. The van der Waals surface area contributed by atoms with E-state index in [2.05, 4.69) is 0 Å². The van der Waals surface area contributed by atoms with Crippen molar-refractivity contribution < 1.29 is 21.6 Å². The smallest absolute Gasteiger partial charge is 0.207 e. The van der Waals surface area contributed by atoms with E-state index in [1.165, 1.54) is 0 Å². The average Bonchev–Trinajstić information content (AvgIpc) is 2.15. The summed E-state index contributed by atoms with van der Waals surface area (Å²) in [5.41, 5.74) is 0. The highest BCUT2D eigenvalue weighted by molar-refractivity contribution is 7.89. The van der Waals surface area contributed by atoms with Crippen LogP contribution in [0.15, 0.2) is 17.0 Å². The molecule has 0 aliphatic carbocycles. The second-order valence-electron chi connectivity index (χ2n) is 3.21. The molecule has 0 radical (unpaired) electrons. The Morgan fingerprint density at radius 1 is 1.24 bits per heavy atom. The van der Waals surface area contributed by atoms with Crippen LogP contribution >= 0.6 is 11.6 Å². The maximum absolute atomic E-state index is 13.3. The molecule has 0 aromatic heterocycles. The van der Waals surface area contributed by atoms with Crippen LogP contribution in [0.1, 0.15) is 0 Å². The van der Waals surface area contributed by atoms with Crippen molar-refractivity contribution in [1.82, 2.24) is 4.31 Å². The normalized spacial score (nSPS) is 12.1. The van der Waals surface area contributed by atoms with Crippen molar-refractivity contribution in [2.45, 2.75) is 4.90 Å². The van der Waals surface area contributed by atoms with Crippen molar-refractivity contribution in [3.05, 3.63) is 29.6 Å². The third-order valence-corrected chi connectivity index (χ3v) is 4.11. The number of hydrogen-bond donors (Lipinski definition) is 0. The Morgan fingerprint density at radius 3 is 2.12 bits per heavy atom. The molecule has 0 unspecified atom stereocenters. The van der Waals surface area contributed by atoms with Crippen molar-refractivity contribution in [2.75, 3.05) is 19.5 Å². The zero-order valence-corrected chi connectivity index (χ0v) is 10.3. The molecule has 1 rings (SSSR count). The van der Waals surface area contributed by atoms with Gasteiger partial charge in [-0.1, -0.05) is 0 Å². The molecule has 0 heterocycles. The van der Waals surface area contributed by atoms with E-state index in [0.29, 0.717) is 16.4 Å². The molecular formula is C9H9ClF3NO2S. The van der Waals surface area contributed by atoms with E-state index in [-0.39, 0.29) is 12.4 Å². The average molecular weight is 288 g/mol. The van der Waals surface area contributed by atoms with Gasteiger partial charge in [-0.25, -0.2) is 21.6 Å². The summed E-state index contributed by atoms with van der Waals surface area (Å²) in [5, 5.41) is 0. The van der Waals surface area contributed by atoms with Crippen molar-refractivity contribution >= 4 is 21.6 Å². The molecule has 8 heteroatoms. The molecule has 96 valence electrons. The predicted octanol–water partition coefficient (Wildman–Crippen LogP) is 1.96. The van der Waals surface area contributed by atoms with Crippen LogP contribution in [0.5, 0.6) is 0 Å². The highest BCUT2D eigenvalue weighted by atomic mass is 35.5. The summed E-state index contributed by atoms with van der Waals surface area (Å²) in [6.07, 6.45) is 0. The predicted molar refractivity (Wildman–Crippen MR) is 56.9 cm³/mol. The highest BCUT2D eigenvalue weighted by Gasteiger charge is 2.28. The van der Waals surface area contributed by atoms with Crippen LogP contribution in [0.4, 0.5) is 13.2 Å². The van der Waals surface area contributed by atoms with E-state index < -0.39 is 32.4 Å². The summed E-state index contributed by atoms with van der Waals surface area (Å²) in [5.74, 6) is -4.15. The fourth-order valence-electron chi connectivity index (χ4n) is 1.17. The number of benzene rings is 1. The molecule has 0 N–H and O–H groups in total. The Bertz CT molecular complexity index is 498. The van der Waals surface area contributed by atoms with Crippen molar-refractivity contribution in [1.29, 1.82) is 0 Å². The first-order valence-corrected chi connectivity index (χ1v) is 6.45. The second-order valence-corrected chi connectivity index (χ2v) is 5.57. The van der Waals surface area contributed by atoms with Gasteiger partial charge < -0.3 is 0 Å². The largest absolute Gasteiger partial charge is 0.248 e. The number of sulfonamides is 1. The Balaban J connectivity index is 3.34. The lowest BCUT2D eigenvalue weighted by Crippen LogP contribution is -2.30. The van der Waals surface area contributed by atoms with E-state index in [4.69, 9.17) is 11.6 Å². The summed E-state index contributed by atoms with van der Waals surface area (Å²) in [6, 6.07) is 0.620. The Kier molecular flexibility index (Phi) is 4.40. The number of alkyl halides is 1. The molecule has 0 bridgehead atoms. The third-order valence-electron chi connectivity index (χ3n) is 2.03. The number of nitrogens with zero attached hydrogens (tertiary/aromatic N) is 1. The van der Waals surface area contributed by atoms with Gasteiger partial charge in [-0.05, 0) is 0 Å². The molecule has 0 aliphatic heterocycles. The van der Waals surface area contributed by atoms with Gasteiger partial charge >= 0.3 is 0 Å². The van der Waals surface area contributed by atoms with Crippen LogP contribution in [-0.2, 0) is 10.0 Å². The van der Waals surface area contributed by atoms with E-state index in [1.54, 1.807) is 0 Å². The van der Waals surface area contributed by atoms with Crippen LogP contribution in [0, 0.1) is 17.5 Å². The van der Waals surface area contributed by atoms with E-state index in [9.17, 15) is 21.6 Å². The summed E-state index contributed by atoms with van der Waals surface area (Å²) >= 11 is 5.34. The van der Waals surface area contributed by atoms with Crippen LogP contribution in [0.2, 0.25) is 0 Å². The molecule has 17 heavy (non-hydrogen) atoms. The highest BCUT2D eigenvalue weighted by Crippen LogP contribution is 2.22. The van der Waals surface area contributed by atoms with E-state index in [0.717, 1.165) is 7.05 Å². The minimum Gasteiger partial charge on any atom is -0.207 e. The van der Waals surface area contributed by atoms with Crippen LogP contribution in [0.3, 0.4) is 0 Å². The first kappa shape index (κ1) is 14.3. The lowest BCUT2D eigenvalue weighted by molar-refractivity contribution is 0.457. The van der Waals surface area contributed by atoms with Gasteiger partial charge in [0.25, 0.3) is 0 Å². The Morgan fingerprint density at radius 2 is 1.71 bits per heavy atom. The number of hydrogen-bond acceptors (Lipinski definition) is 2. The molecule has 0 fully saturated rings. The molecule has 0 atom stereocenters. The first-order chi connectivity index (χ1) is 7.80. The minimum atomic E-state index is -4.35. The molecule has 1 aromatic carbocycles. The van der Waals surface area contributed by atoms with Crippen LogP contribution in [0.25, 0.3) is 0 Å². The van der Waals surface area contributed by atoms with Gasteiger partial charge in [0, 0.05) is 31.6 Å². The van der Waals surface area contributed by atoms with Gasteiger partial charge in [-0.15, -0.1) is 11.6 Å². The third kappa shape index (κ3) is 2.91. The zero-order chi connectivity index (χ0) is 13.2. The Hall–Kier alpha value is -0.790. The fraction of sp³-hybridized carbons (Fsp3) is 0.333. The van der Waals surface area contributed by atoms with Crippen LogP contribution < -0.4 is 0 Å². The molecule has 0 spiro atoms. The quantitative estimate of drug-likeness (QED) is 0.794. The minimum absolute atomic E-state index is 0.0276. The lowest BCUT2D eigenvalue weighted by atomic mass is 10.3. The van der Waals surface area contributed by atoms with Crippen molar-refractivity contribution in [2.24, 2.45) is 0 Å². The molecule has 0 aliphatic rings. The molecule has 3 nitrogen and oxygen atoms in total. The summed E-state index contributed by atoms with van der Waals surface area (Å²) in [6.45, 7) is -0.111. The zero-order valence-electron chi connectivity index (χ0n) is 8.75. The number of halogens is 4. The van der Waals surface area contributed by atoms with Gasteiger partial charge in [0.2, 0.25) is 10.0 Å². The number of rotatable bonds is 4. The molecule has 0 saturated carbocycles. The van der Waals surface area contributed by atoms with Gasteiger partial charge in [-0.2, -0.15) is 4.31 Å². The second kappa shape index (κ2) is 5.24. The Labute approximate surface area is 102 Å². The molecule has 0 amide bonds. The molecule has 1 aromatic rings. The fourth-order valence-corrected chi connectivity index (χ4v) is 2.78. The van der Waals surface area contributed by atoms with E-state index >= 15 is 0 Å². The van der Waals surface area contributed by atoms with Gasteiger partial charge in [-0.3, -0.25) is 0 Å². The van der Waals surface area contributed by atoms with Gasteiger partial charge in [0.1, 0.15) is 17.5 Å². The summed E-state index contributed by atoms with van der Waals surface area (Å²) < 4.78 is 63.4. The van der Waals surface area contributed by atoms with E-state index in [1.807, 2.05) is 0 Å². The maximum atomic E-state index is 13.3. The molecule has 0 saturated heterocycles.